The molecular weight excluding hydrogens is 618 g/mol. The van der Waals surface area contributed by atoms with Crippen molar-refractivity contribution in [3.05, 3.63) is 94.8 Å². The van der Waals surface area contributed by atoms with Gasteiger partial charge in [0, 0.05) is 11.1 Å². The van der Waals surface area contributed by atoms with Gasteiger partial charge in [0.25, 0.3) is 0 Å². The SMILES string of the molecule is O=C(O)c1cc(-n2cc(-c3ccc(C(=O)O)c(C(F)(F)F)c3)nn2)cc(-n2cc(-c3ccc(C(=O)O)c(C(F)(F)F)c3)nn2)c1. The van der Waals surface area contributed by atoms with Crippen LogP contribution in [0.15, 0.2) is 67.0 Å². The zero-order chi connectivity index (χ0) is 32.8. The van der Waals surface area contributed by atoms with E-state index in [1.54, 1.807) is 0 Å². The minimum absolute atomic E-state index is 0.0315. The third-order valence-electron chi connectivity index (χ3n) is 6.37. The predicted octanol–water partition coefficient (Wildman–Crippen LogP) is 5.31. The Kier molecular flexibility index (Phi) is 7.35. The molecule has 5 aromatic rings. The van der Waals surface area contributed by atoms with E-state index in [1.807, 2.05) is 0 Å². The monoisotopic (exact) mass is 632 g/mol. The molecule has 0 saturated carbocycles. The molecule has 2 aromatic heterocycles. The van der Waals surface area contributed by atoms with Crippen molar-refractivity contribution >= 4 is 17.9 Å². The largest absolute Gasteiger partial charge is 0.478 e. The van der Waals surface area contributed by atoms with Crippen LogP contribution in [0.1, 0.15) is 42.2 Å². The molecule has 0 fully saturated rings. The zero-order valence-electron chi connectivity index (χ0n) is 21.9. The Morgan fingerprint density at radius 2 is 0.978 bits per heavy atom. The minimum atomic E-state index is -4.99. The van der Waals surface area contributed by atoms with Gasteiger partial charge in [0.1, 0.15) is 11.4 Å². The topological polar surface area (TPSA) is 173 Å². The smallest absolute Gasteiger partial charge is 0.417 e. The van der Waals surface area contributed by atoms with Crippen molar-refractivity contribution in [1.82, 2.24) is 30.0 Å². The molecular formula is C27H14F6N6O6. The second-order valence-corrected chi connectivity index (χ2v) is 9.27. The molecule has 0 bridgehead atoms. The lowest BCUT2D eigenvalue weighted by molar-refractivity contribution is -0.138. The standard InChI is InChI=1S/C27H14F6N6O6/c28-26(29,30)19-7-12(1-3-17(19)24(42)43)21-10-38(36-34-21)15-5-14(23(40)41)6-16(9-15)39-11-22(35-37-39)13-2-4-18(25(44)45)20(8-13)27(31,32)33/h1-11H,(H,40,41)(H,42,43)(H,44,45). The molecule has 2 heterocycles. The van der Waals surface area contributed by atoms with Gasteiger partial charge in [-0.3, -0.25) is 0 Å². The van der Waals surface area contributed by atoms with Gasteiger partial charge < -0.3 is 15.3 Å². The molecule has 0 aliphatic rings. The number of benzene rings is 3. The number of carboxylic acids is 3. The first-order valence-electron chi connectivity index (χ1n) is 12.2. The van der Waals surface area contributed by atoms with Crippen LogP contribution in [-0.2, 0) is 12.4 Å². The van der Waals surface area contributed by atoms with E-state index in [9.17, 15) is 45.8 Å². The number of carboxylic acid groups (broad SMARTS) is 3. The van der Waals surface area contributed by atoms with E-state index in [0.717, 1.165) is 58.2 Å². The van der Waals surface area contributed by atoms with Gasteiger partial charge in [-0.25, -0.2) is 23.7 Å². The number of hydrogen-bond donors (Lipinski definition) is 3. The van der Waals surface area contributed by atoms with Crippen molar-refractivity contribution in [1.29, 1.82) is 0 Å². The van der Waals surface area contributed by atoms with Crippen molar-refractivity contribution in [2.75, 3.05) is 0 Å². The van der Waals surface area contributed by atoms with Crippen LogP contribution in [0.5, 0.6) is 0 Å². The third-order valence-corrected chi connectivity index (χ3v) is 6.37. The van der Waals surface area contributed by atoms with Crippen molar-refractivity contribution in [2.45, 2.75) is 12.4 Å². The number of halogens is 6. The van der Waals surface area contributed by atoms with E-state index in [4.69, 9.17) is 10.2 Å². The molecule has 5 rings (SSSR count). The van der Waals surface area contributed by atoms with E-state index >= 15 is 0 Å². The molecule has 3 N–H and O–H groups in total. The normalized spacial score (nSPS) is 11.9. The minimum Gasteiger partial charge on any atom is -0.478 e. The lowest BCUT2D eigenvalue weighted by Gasteiger charge is -2.11. The van der Waals surface area contributed by atoms with Crippen LogP contribution in [0.4, 0.5) is 26.3 Å². The summed E-state index contributed by atoms with van der Waals surface area (Å²) in [5.41, 5.74) is -5.55. The molecule has 45 heavy (non-hydrogen) atoms. The molecule has 0 saturated heterocycles. The molecule has 0 aliphatic heterocycles. The van der Waals surface area contributed by atoms with Crippen LogP contribution in [-0.4, -0.2) is 63.2 Å². The van der Waals surface area contributed by atoms with E-state index in [0.29, 0.717) is 12.1 Å². The Balaban J connectivity index is 1.54. The molecule has 18 heteroatoms. The Labute approximate surface area is 245 Å². The van der Waals surface area contributed by atoms with E-state index in [1.165, 1.54) is 6.07 Å². The van der Waals surface area contributed by atoms with Gasteiger partial charge in [-0.2, -0.15) is 26.3 Å². The van der Waals surface area contributed by atoms with E-state index in [-0.39, 0.29) is 39.5 Å². The fourth-order valence-corrected chi connectivity index (χ4v) is 4.28. The van der Waals surface area contributed by atoms with Crippen molar-refractivity contribution < 1.29 is 56.0 Å². The highest BCUT2D eigenvalue weighted by molar-refractivity contribution is 5.91. The molecule has 0 atom stereocenters. The van der Waals surface area contributed by atoms with Gasteiger partial charge in [-0.05, 0) is 42.5 Å². The van der Waals surface area contributed by atoms with Gasteiger partial charge >= 0.3 is 30.3 Å². The molecule has 12 nitrogen and oxygen atoms in total. The van der Waals surface area contributed by atoms with Gasteiger partial charge in [0.15, 0.2) is 0 Å². The second kappa shape index (κ2) is 10.9. The fourth-order valence-electron chi connectivity index (χ4n) is 4.28. The Bertz CT molecular complexity index is 1870. The van der Waals surface area contributed by atoms with E-state index < -0.39 is 52.5 Å². The first-order valence-corrected chi connectivity index (χ1v) is 12.2. The lowest BCUT2D eigenvalue weighted by atomic mass is 10.0. The predicted molar refractivity (Wildman–Crippen MR) is 138 cm³/mol. The molecule has 0 aliphatic carbocycles. The maximum absolute atomic E-state index is 13.5. The summed E-state index contributed by atoms with van der Waals surface area (Å²) in [4.78, 5) is 34.4. The van der Waals surface area contributed by atoms with Crippen LogP contribution < -0.4 is 0 Å². The summed E-state index contributed by atoms with van der Waals surface area (Å²) in [6, 6.07) is 8.51. The molecule has 0 radical (unpaired) electrons. The molecule has 230 valence electrons. The number of hydrogen-bond acceptors (Lipinski definition) is 7. The second-order valence-electron chi connectivity index (χ2n) is 9.27. The molecule has 0 spiro atoms. The highest BCUT2D eigenvalue weighted by atomic mass is 19.4. The fraction of sp³-hybridized carbons (Fsp3) is 0.0741. The van der Waals surface area contributed by atoms with Crippen LogP contribution in [0, 0.1) is 0 Å². The Morgan fingerprint density at radius 1 is 0.578 bits per heavy atom. The number of alkyl halides is 6. The summed E-state index contributed by atoms with van der Waals surface area (Å²) >= 11 is 0. The number of nitrogens with zero attached hydrogens (tertiary/aromatic N) is 6. The third kappa shape index (κ3) is 6.05. The molecule has 0 amide bonds. The summed E-state index contributed by atoms with van der Waals surface area (Å²) < 4.78 is 83.0. The first kappa shape index (κ1) is 30.4. The summed E-state index contributed by atoms with van der Waals surface area (Å²) in [6.07, 6.45) is -7.66. The average molecular weight is 632 g/mol. The Morgan fingerprint density at radius 3 is 1.31 bits per heavy atom. The van der Waals surface area contributed by atoms with Crippen LogP contribution in [0.2, 0.25) is 0 Å². The summed E-state index contributed by atoms with van der Waals surface area (Å²) in [5.74, 6) is -4.98. The summed E-state index contributed by atoms with van der Waals surface area (Å²) in [6.45, 7) is 0. The van der Waals surface area contributed by atoms with Gasteiger partial charge in [0.2, 0.25) is 0 Å². The Hall–Kier alpha value is -6.07. The quantitative estimate of drug-likeness (QED) is 0.200. The molecule has 3 aromatic carbocycles. The van der Waals surface area contributed by atoms with Crippen molar-refractivity contribution in [2.24, 2.45) is 0 Å². The maximum Gasteiger partial charge on any atom is 0.417 e. The van der Waals surface area contributed by atoms with Gasteiger partial charge in [-0.1, -0.05) is 22.6 Å². The summed E-state index contributed by atoms with van der Waals surface area (Å²) in [7, 11) is 0. The van der Waals surface area contributed by atoms with Crippen molar-refractivity contribution in [3.63, 3.8) is 0 Å². The van der Waals surface area contributed by atoms with Crippen LogP contribution >= 0.6 is 0 Å². The lowest BCUT2D eigenvalue weighted by Crippen LogP contribution is -2.13. The number of aromatic carboxylic acids is 3. The number of carbonyl (C=O) groups is 3. The van der Waals surface area contributed by atoms with E-state index in [2.05, 4.69) is 20.6 Å². The van der Waals surface area contributed by atoms with Gasteiger partial charge in [-0.15, -0.1) is 10.2 Å². The number of aromatic nitrogens is 6. The average Bonchev–Trinajstić information content (AvgIpc) is 3.66. The summed E-state index contributed by atoms with van der Waals surface area (Å²) in [5, 5.41) is 43.2. The van der Waals surface area contributed by atoms with Gasteiger partial charge in [0.05, 0.1) is 51.6 Å². The number of rotatable bonds is 7. The highest BCUT2D eigenvalue weighted by Gasteiger charge is 2.37. The highest BCUT2D eigenvalue weighted by Crippen LogP contribution is 2.36. The zero-order valence-corrected chi connectivity index (χ0v) is 21.9. The molecule has 0 unspecified atom stereocenters. The van der Waals surface area contributed by atoms with Crippen molar-refractivity contribution in [3.8, 4) is 33.9 Å². The van der Waals surface area contributed by atoms with Crippen LogP contribution in [0.3, 0.4) is 0 Å². The first-order chi connectivity index (χ1) is 21.0. The van der Waals surface area contributed by atoms with Crippen LogP contribution in [0.25, 0.3) is 33.9 Å². The maximum atomic E-state index is 13.5.